The summed E-state index contributed by atoms with van der Waals surface area (Å²) in [5.74, 6) is 1.58. The first-order valence-corrected chi connectivity index (χ1v) is 8.30. The van der Waals surface area contributed by atoms with E-state index in [2.05, 4.69) is 30.4 Å². The Balaban J connectivity index is 1.77. The summed E-state index contributed by atoms with van der Waals surface area (Å²) >= 11 is 5.87. The van der Waals surface area contributed by atoms with Gasteiger partial charge < -0.3 is 14.5 Å². The quantitative estimate of drug-likeness (QED) is 0.643. The van der Waals surface area contributed by atoms with Gasteiger partial charge >= 0.3 is 0 Å². The second-order valence-electron chi connectivity index (χ2n) is 5.67. The number of morpholine rings is 1. The number of hydrazone groups is 1. The van der Waals surface area contributed by atoms with Crippen LogP contribution in [0.25, 0.3) is 0 Å². The van der Waals surface area contributed by atoms with E-state index >= 15 is 0 Å². The number of halogens is 1. The highest BCUT2D eigenvalue weighted by molar-refractivity contribution is 6.30. The first-order chi connectivity index (χ1) is 12.1. The van der Waals surface area contributed by atoms with Gasteiger partial charge in [0.1, 0.15) is 0 Å². The molecule has 0 saturated carbocycles. The lowest BCUT2D eigenvalue weighted by molar-refractivity contribution is 0.122. The Morgan fingerprint density at radius 3 is 2.56 bits per heavy atom. The SMILES string of the molecule is CN(C)c1nc(NN=Cc2ccc(Cl)cc2)nc(N2CCOCC2)n1. The zero-order chi connectivity index (χ0) is 17.6. The second kappa shape index (κ2) is 8.09. The van der Waals surface area contributed by atoms with E-state index in [9.17, 15) is 0 Å². The van der Waals surface area contributed by atoms with Crippen molar-refractivity contribution >= 4 is 35.7 Å². The highest BCUT2D eigenvalue weighted by Crippen LogP contribution is 2.16. The van der Waals surface area contributed by atoms with Crippen LogP contribution in [0.15, 0.2) is 29.4 Å². The van der Waals surface area contributed by atoms with Crippen molar-refractivity contribution in [2.75, 3.05) is 55.6 Å². The zero-order valence-corrected chi connectivity index (χ0v) is 14.9. The Morgan fingerprint density at radius 1 is 1.16 bits per heavy atom. The molecule has 1 aromatic heterocycles. The van der Waals surface area contributed by atoms with Crippen molar-refractivity contribution in [2.24, 2.45) is 5.10 Å². The molecule has 1 saturated heterocycles. The van der Waals surface area contributed by atoms with Crippen LogP contribution in [0, 0.1) is 0 Å². The lowest BCUT2D eigenvalue weighted by Crippen LogP contribution is -2.37. The number of nitrogens with zero attached hydrogens (tertiary/aromatic N) is 6. The van der Waals surface area contributed by atoms with Gasteiger partial charge in [0.15, 0.2) is 0 Å². The van der Waals surface area contributed by atoms with E-state index in [1.807, 2.05) is 43.3 Å². The molecule has 1 aromatic carbocycles. The summed E-state index contributed by atoms with van der Waals surface area (Å²) in [6, 6.07) is 7.38. The predicted octanol–water partition coefficient (Wildman–Crippen LogP) is 1.87. The Hall–Kier alpha value is -2.45. The van der Waals surface area contributed by atoms with E-state index in [1.54, 1.807) is 6.21 Å². The van der Waals surface area contributed by atoms with Gasteiger partial charge in [0.25, 0.3) is 0 Å². The first-order valence-electron chi connectivity index (χ1n) is 7.92. The third kappa shape index (κ3) is 4.77. The van der Waals surface area contributed by atoms with Gasteiger partial charge in [-0.05, 0) is 17.7 Å². The number of nitrogens with one attached hydrogen (secondary N) is 1. The van der Waals surface area contributed by atoms with Crippen LogP contribution in [-0.2, 0) is 4.74 Å². The fraction of sp³-hybridized carbons (Fsp3) is 0.375. The minimum atomic E-state index is 0.394. The molecule has 9 heteroatoms. The van der Waals surface area contributed by atoms with Crippen molar-refractivity contribution in [1.29, 1.82) is 0 Å². The monoisotopic (exact) mass is 361 g/mol. The molecule has 1 aliphatic rings. The van der Waals surface area contributed by atoms with E-state index in [-0.39, 0.29) is 0 Å². The zero-order valence-electron chi connectivity index (χ0n) is 14.2. The standard InChI is InChI=1S/C16H20ClN7O/c1-23(2)15-19-14(20-16(21-15)24-7-9-25-10-8-24)22-18-11-12-3-5-13(17)6-4-12/h3-6,11H,7-10H2,1-2H3,(H,19,20,21,22). The van der Waals surface area contributed by atoms with E-state index in [0.717, 1.165) is 18.7 Å². The van der Waals surface area contributed by atoms with Crippen LogP contribution in [0.4, 0.5) is 17.8 Å². The van der Waals surface area contributed by atoms with Gasteiger partial charge in [-0.25, -0.2) is 5.43 Å². The second-order valence-corrected chi connectivity index (χ2v) is 6.11. The normalized spacial score (nSPS) is 14.8. The smallest absolute Gasteiger partial charge is 0.250 e. The third-order valence-corrected chi connectivity index (χ3v) is 3.81. The molecule has 0 atom stereocenters. The minimum Gasteiger partial charge on any atom is -0.378 e. The van der Waals surface area contributed by atoms with Crippen molar-refractivity contribution in [3.05, 3.63) is 34.9 Å². The predicted molar refractivity (Wildman–Crippen MR) is 99.9 cm³/mol. The van der Waals surface area contributed by atoms with E-state index in [0.29, 0.717) is 36.1 Å². The molecular weight excluding hydrogens is 342 g/mol. The summed E-state index contributed by atoms with van der Waals surface area (Å²) in [7, 11) is 3.78. The molecule has 3 rings (SSSR count). The Labute approximate surface area is 151 Å². The molecule has 0 amide bonds. The molecular formula is C16H20ClN7O. The van der Waals surface area contributed by atoms with Crippen molar-refractivity contribution in [3.63, 3.8) is 0 Å². The average molecular weight is 362 g/mol. The fourth-order valence-electron chi connectivity index (χ4n) is 2.22. The number of aromatic nitrogens is 3. The van der Waals surface area contributed by atoms with Gasteiger partial charge in [0.2, 0.25) is 17.8 Å². The van der Waals surface area contributed by atoms with Crippen LogP contribution < -0.4 is 15.2 Å². The van der Waals surface area contributed by atoms with Gasteiger partial charge in [-0.3, -0.25) is 0 Å². The van der Waals surface area contributed by atoms with Crippen molar-refractivity contribution in [2.45, 2.75) is 0 Å². The lowest BCUT2D eigenvalue weighted by Gasteiger charge is -2.27. The number of anilines is 3. The molecule has 2 aromatic rings. The molecule has 0 radical (unpaired) electrons. The van der Waals surface area contributed by atoms with Crippen LogP contribution in [0.3, 0.4) is 0 Å². The maximum Gasteiger partial charge on any atom is 0.250 e. The Bertz CT molecular complexity index is 730. The summed E-state index contributed by atoms with van der Waals surface area (Å²) in [5.41, 5.74) is 3.80. The highest BCUT2D eigenvalue weighted by Gasteiger charge is 2.17. The number of benzene rings is 1. The minimum absolute atomic E-state index is 0.394. The Kier molecular flexibility index (Phi) is 5.62. The van der Waals surface area contributed by atoms with Gasteiger partial charge in [-0.1, -0.05) is 23.7 Å². The lowest BCUT2D eigenvalue weighted by atomic mass is 10.2. The average Bonchev–Trinajstić information content (AvgIpc) is 2.64. The summed E-state index contributed by atoms with van der Waals surface area (Å²) in [6.45, 7) is 2.84. The molecule has 1 N–H and O–H groups in total. The molecule has 2 heterocycles. The van der Waals surface area contributed by atoms with Crippen LogP contribution >= 0.6 is 11.6 Å². The van der Waals surface area contributed by atoms with Gasteiger partial charge in [-0.15, -0.1) is 0 Å². The van der Waals surface area contributed by atoms with Crippen molar-refractivity contribution < 1.29 is 4.74 Å². The molecule has 0 bridgehead atoms. The van der Waals surface area contributed by atoms with Gasteiger partial charge in [-0.2, -0.15) is 20.1 Å². The molecule has 1 fully saturated rings. The van der Waals surface area contributed by atoms with Crippen molar-refractivity contribution in [3.8, 4) is 0 Å². The summed E-state index contributed by atoms with van der Waals surface area (Å²) in [4.78, 5) is 17.2. The van der Waals surface area contributed by atoms with E-state index < -0.39 is 0 Å². The van der Waals surface area contributed by atoms with Crippen LogP contribution in [-0.4, -0.2) is 61.6 Å². The molecule has 0 aliphatic carbocycles. The number of hydrogen-bond acceptors (Lipinski definition) is 8. The molecule has 0 spiro atoms. The molecule has 8 nitrogen and oxygen atoms in total. The topological polar surface area (TPSA) is 78.8 Å². The van der Waals surface area contributed by atoms with Crippen LogP contribution in [0.1, 0.15) is 5.56 Å². The van der Waals surface area contributed by atoms with Gasteiger partial charge in [0, 0.05) is 32.2 Å². The van der Waals surface area contributed by atoms with Crippen LogP contribution in [0.2, 0.25) is 5.02 Å². The van der Waals surface area contributed by atoms with Crippen LogP contribution in [0.5, 0.6) is 0 Å². The fourth-order valence-corrected chi connectivity index (χ4v) is 2.35. The maximum absolute atomic E-state index is 5.87. The Morgan fingerprint density at radius 2 is 1.88 bits per heavy atom. The molecule has 1 aliphatic heterocycles. The third-order valence-electron chi connectivity index (χ3n) is 3.55. The maximum atomic E-state index is 5.87. The largest absolute Gasteiger partial charge is 0.378 e. The molecule has 132 valence electrons. The van der Waals surface area contributed by atoms with Crippen molar-refractivity contribution in [1.82, 2.24) is 15.0 Å². The first kappa shape index (κ1) is 17.4. The summed E-state index contributed by atoms with van der Waals surface area (Å²) in [5, 5.41) is 4.88. The molecule has 0 unspecified atom stereocenters. The van der Waals surface area contributed by atoms with E-state index in [4.69, 9.17) is 16.3 Å². The van der Waals surface area contributed by atoms with Gasteiger partial charge in [0.05, 0.1) is 19.4 Å². The van der Waals surface area contributed by atoms with E-state index in [1.165, 1.54) is 0 Å². The number of hydrogen-bond donors (Lipinski definition) is 1. The summed E-state index contributed by atoms with van der Waals surface area (Å²) < 4.78 is 5.38. The number of rotatable bonds is 5. The number of ether oxygens (including phenoxy) is 1. The highest BCUT2D eigenvalue weighted by atomic mass is 35.5. The molecule has 25 heavy (non-hydrogen) atoms. The summed E-state index contributed by atoms with van der Waals surface area (Å²) in [6.07, 6.45) is 1.68.